The molecule has 0 aliphatic rings. The van der Waals surface area contributed by atoms with Crippen LogP contribution in [0.1, 0.15) is 36.1 Å². The number of benzene rings is 1. The lowest BCUT2D eigenvalue weighted by Gasteiger charge is -2.29. The second-order valence-corrected chi connectivity index (χ2v) is 9.50. The zero-order chi connectivity index (χ0) is 20.7. The number of halogens is 1. The van der Waals surface area contributed by atoms with Crippen LogP contribution in [0.3, 0.4) is 0 Å². The fourth-order valence-corrected chi connectivity index (χ4v) is 4.03. The first-order chi connectivity index (χ1) is 13.3. The van der Waals surface area contributed by atoms with E-state index >= 15 is 0 Å². The van der Waals surface area contributed by atoms with E-state index in [0.29, 0.717) is 19.6 Å². The van der Waals surface area contributed by atoms with Crippen molar-refractivity contribution in [3.63, 3.8) is 0 Å². The number of alkyl halides is 1. The Kier molecular flexibility index (Phi) is 8.52. The van der Waals surface area contributed by atoms with E-state index in [2.05, 4.69) is 19.1 Å². The van der Waals surface area contributed by atoms with Gasteiger partial charge in [-0.15, -0.1) is 22.9 Å². The maximum Gasteiger partial charge on any atom is 0.242 e. The molecule has 1 atom stereocenters. The molecule has 2 aromatic rings. The predicted octanol–water partition coefficient (Wildman–Crippen LogP) is 4.70. The van der Waals surface area contributed by atoms with Crippen molar-refractivity contribution in [3.8, 4) is 0 Å². The second-order valence-electron chi connectivity index (χ2n) is 7.48. The number of nitrogens with zero attached hydrogens (tertiary/aromatic N) is 2. The molecule has 1 aromatic carbocycles. The van der Waals surface area contributed by atoms with Gasteiger partial charge in [-0.3, -0.25) is 9.59 Å². The molecule has 0 saturated carbocycles. The van der Waals surface area contributed by atoms with E-state index in [1.807, 2.05) is 49.1 Å². The van der Waals surface area contributed by atoms with E-state index < -0.39 is 5.38 Å². The van der Waals surface area contributed by atoms with Crippen LogP contribution in [0, 0.1) is 12.8 Å². The highest BCUT2D eigenvalue weighted by Crippen LogP contribution is 2.19. The molecule has 0 spiro atoms. The van der Waals surface area contributed by atoms with Crippen molar-refractivity contribution in [2.45, 2.75) is 46.2 Å². The largest absolute Gasteiger partial charge is 0.332 e. The number of thiophene rings is 1. The van der Waals surface area contributed by atoms with Crippen LogP contribution < -0.4 is 0 Å². The molecule has 0 fully saturated rings. The van der Waals surface area contributed by atoms with Gasteiger partial charge < -0.3 is 9.80 Å². The third-order valence-corrected chi connectivity index (χ3v) is 5.45. The quantitative estimate of drug-likeness (QED) is 0.552. The van der Waals surface area contributed by atoms with Gasteiger partial charge in [0.15, 0.2) is 0 Å². The van der Waals surface area contributed by atoms with Crippen LogP contribution in [-0.4, -0.2) is 40.1 Å². The summed E-state index contributed by atoms with van der Waals surface area (Å²) in [6, 6.07) is 14.0. The summed E-state index contributed by atoms with van der Waals surface area (Å²) in [5.41, 5.74) is 1.07. The molecule has 6 heteroatoms. The smallest absolute Gasteiger partial charge is 0.242 e. The standard InChI is InChI=1S/C22H29ClN2O2S/c1-16(2)12-25(22(27)18(4)23)15-21(26)24(13-19-8-6-5-7-9-19)14-20-11-10-17(3)28-20/h5-11,16,18H,12-15H2,1-4H3/t18-/m0/s1. The molecular weight excluding hydrogens is 392 g/mol. The van der Waals surface area contributed by atoms with Crippen molar-refractivity contribution in [2.75, 3.05) is 13.1 Å². The van der Waals surface area contributed by atoms with E-state index in [-0.39, 0.29) is 24.3 Å². The minimum Gasteiger partial charge on any atom is -0.332 e. The zero-order valence-corrected chi connectivity index (χ0v) is 18.6. The van der Waals surface area contributed by atoms with Gasteiger partial charge in [-0.2, -0.15) is 0 Å². The summed E-state index contributed by atoms with van der Waals surface area (Å²) in [7, 11) is 0. The van der Waals surface area contributed by atoms with Crippen molar-refractivity contribution in [2.24, 2.45) is 5.92 Å². The van der Waals surface area contributed by atoms with Crippen LogP contribution in [-0.2, 0) is 22.7 Å². The van der Waals surface area contributed by atoms with Crippen LogP contribution in [0.15, 0.2) is 42.5 Å². The first-order valence-corrected chi connectivity index (χ1v) is 10.8. The monoisotopic (exact) mass is 420 g/mol. The van der Waals surface area contributed by atoms with Crippen molar-refractivity contribution in [1.82, 2.24) is 9.80 Å². The number of aryl methyl sites for hydroxylation is 1. The normalized spacial score (nSPS) is 12.1. The Hall–Kier alpha value is -1.85. The molecule has 0 radical (unpaired) electrons. The maximum atomic E-state index is 13.2. The second kappa shape index (κ2) is 10.6. The molecular formula is C22H29ClN2O2S. The topological polar surface area (TPSA) is 40.6 Å². The minimum absolute atomic E-state index is 0.0469. The Morgan fingerprint density at radius 2 is 1.68 bits per heavy atom. The minimum atomic E-state index is -0.644. The van der Waals surface area contributed by atoms with E-state index in [0.717, 1.165) is 10.4 Å². The van der Waals surface area contributed by atoms with E-state index in [1.165, 1.54) is 4.88 Å². The molecule has 152 valence electrons. The Morgan fingerprint density at radius 3 is 2.21 bits per heavy atom. The van der Waals surface area contributed by atoms with Crippen molar-refractivity contribution in [3.05, 3.63) is 57.8 Å². The molecule has 2 amide bonds. The third-order valence-electron chi connectivity index (χ3n) is 4.28. The Bertz CT molecular complexity index is 774. The molecule has 0 unspecified atom stereocenters. The van der Waals surface area contributed by atoms with Gasteiger partial charge in [0, 0.05) is 22.8 Å². The SMILES string of the molecule is Cc1ccc(CN(Cc2ccccc2)C(=O)CN(CC(C)C)C(=O)[C@H](C)Cl)s1. The molecule has 0 bridgehead atoms. The highest BCUT2D eigenvalue weighted by atomic mass is 35.5. The van der Waals surface area contributed by atoms with E-state index in [1.54, 1.807) is 23.2 Å². The number of amides is 2. The third kappa shape index (κ3) is 6.95. The van der Waals surface area contributed by atoms with Crippen molar-refractivity contribution >= 4 is 34.8 Å². The summed E-state index contributed by atoms with van der Waals surface area (Å²) < 4.78 is 0. The highest BCUT2D eigenvalue weighted by molar-refractivity contribution is 7.11. The van der Waals surface area contributed by atoms with Crippen LogP contribution in [0.4, 0.5) is 0 Å². The molecule has 0 N–H and O–H groups in total. The Morgan fingerprint density at radius 1 is 1.00 bits per heavy atom. The first kappa shape index (κ1) is 22.4. The fraction of sp³-hybridized carbons (Fsp3) is 0.455. The van der Waals surface area contributed by atoms with Gasteiger partial charge in [0.05, 0.1) is 13.1 Å². The van der Waals surface area contributed by atoms with Crippen molar-refractivity contribution in [1.29, 1.82) is 0 Å². The highest BCUT2D eigenvalue weighted by Gasteiger charge is 2.25. The zero-order valence-electron chi connectivity index (χ0n) is 17.0. The predicted molar refractivity (Wildman–Crippen MR) is 116 cm³/mol. The molecule has 28 heavy (non-hydrogen) atoms. The van der Waals surface area contributed by atoms with Gasteiger partial charge in [-0.05, 0) is 37.5 Å². The number of carbonyl (C=O) groups excluding carboxylic acids is 2. The van der Waals surface area contributed by atoms with Crippen LogP contribution in [0.5, 0.6) is 0 Å². The average molecular weight is 421 g/mol. The summed E-state index contributed by atoms with van der Waals surface area (Å²) >= 11 is 7.71. The summed E-state index contributed by atoms with van der Waals surface area (Å²) in [5, 5.41) is -0.644. The molecule has 4 nitrogen and oxygen atoms in total. The van der Waals surface area contributed by atoms with Crippen molar-refractivity contribution < 1.29 is 9.59 Å². The molecule has 0 saturated heterocycles. The van der Waals surface area contributed by atoms with Gasteiger partial charge in [-0.1, -0.05) is 44.2 Å². The Balaban J connectivity index is 2.19. The van der Waals surface area contributed by atoms with Gasteiger partial charge in [0.2, 0.25) is 11.8 Å². The fourth-order valence-electron chi connectivity index (χ4n) is 2.98. The lowest BCUT2D eigenvalue weighted by atomic mass is 10.2. The van der Waals surface area contributed by atoms with Gasteiger partial charge in [0.25, 0.3) is 0 Å². The van der Waals surface area contributed by atoms with E-state index in [9.17, 15) is 9.59 Å². The molecule has 0 aliphatic heterocycles. The molecule has 2 rings (SSSR count). The number of hydrogen-bond donors (Lipinski definition) is 0. The number of carbonyl (C=O) groups is 2. The lowest BCUT2D eigenvalue weighted by molar-refractivity contribution is -0.141. The van der Waals surface area contributed by atoms with Gasteiger partial charge in [0.1, 0.15) is 5.38 Å². The van der Waals surface area contributed by atoms with Crippen LogP contribution in [0.2, 0.25) is 0 Å². The average Bonchev–Trinajstić information content (AvgIpc) is 3.05. The summed E-state index contributed by atoms with van der Waals surface area (Å²) in [4.78, 5) is 31.4. The van der Waals surface area contributed by atoms with Gasteiger partial charge >= 0.3 is 0 Å². The summed E-state index contributed by atoms with van der Waals surface area (Å²) in [6.45, 7) is 9.37. The summed E-state index contributed by atoms with van der Waals surface area (Å²) in [6.07, 6.45) is 0. The molecule has 0 aliphatic carbocycles. The molecule has 1 heterocycles. The maximum absolute atomic E-state index is 13.2. The summed E-state index contributed by atoms with van der Waals surface area (Å²) in [5.74, 6) is -0.00810. The lowest BCUT2D eigenvalue weighted by Crippen LogP contribution is -2.45. The Labute approximate surface area is 177 Å². The molecule has 1 aromatic heterocycles. The number of rotatable bonds is 9. The number of hydrogen-bond acceptors (Lipinski definition) is 3. The van der Waals surface area contributed by atoms with E-state index in [4.69, 9.17) is 11.6 Å². The first-order valence-electron chi connectivity index (χ1n) is 9.56. The van der Waals surface area contributed by atoms with Crippen LogP contribution in [0.25, 0.3) is 0 Å². The van der Waals surface area contributed by atoms with Crippen LogP contribution >= 0.6 is 22.9 Å². The van der Waals surface area contributed by atoms with Gasteiger partial charge in [-0.25, -0.2) is 0 Å².